The Balaban J connectivity index is 1.71. The zero-order chi connectivity index (χ0) is 20.1. The lowest BCUT2D eigenvalue weighted by molar-refractivity contribution is 0.102. The summed E-state index contributed by atoms with van der Waals surface area (Å²) in [4.78, 5) is 17.2. The van der Waals surface area contributed by atoms with Gasteiger partial charge in [-0.2, -0.15) is 5.10 Å². The third-order valence-electron chi connectivity index (χ3n) is 4.44. The van der Waals surface area contributed by atoms with Crippen LogP contribution in [-0.2, 0) is 6.54 Å². The summed E-state index contributed by atoms with van der Waals surface area (Å²) in [6, 6.07) is 22.9. The molecule has 29 heavy (non-hydrogen) atoms. The van der Waals surface area contributed by atoms with Crippen molar-refractivity contribution in [2.75, 3.05) is 12.4 Å². The number of methoxy groups -OCH3 is 1. The summed E-state index contributed by atoms with van der Waals surface area (Å²) in [5.74, 6) is 0.932. The number of hydrogen-bond donors (Lipinski definition) is 1. The van der Waals surface area contributed by atoms with Crippen LogP contribution in [-0.4, -0.2) is 27.8 Å². The van der Waals surface area contributed by atoms with Gasteiger partial charge in [0.05, 0.1) is 19.2 Å². The summed E-state index contributed by atoms with van der Waals surface area (Å²) in [5, 5.41) is 7.53. The maximum Gasteiger partial charge on any atom is 0.260 e. The van der Waals surface area contributed by atoms with E-state index < -0.39 is 0 Å². The molecular weight excluding hydrogens is 364 g/mol. The van der Waals surface area contributed by atoms with Crippen LogP contribution >= 0.6 is 0 Å². The van der Waals surface area contributed by atoms with Gasteiger partial charge in [0, 0.05) is 18.0 Å². The molecule has 1 amide bonds. The fourth-order valence-corrected chi connectivity index (χ4v) is 3.04. The van der Waals surface area contributed by atoms with E-state index in [0.29, 0.717) is 29.4 Å². The third-order valence-corrected chi connectivity index (χ3v) is 4.44. The monoisotopic (exact) mass is 384 g/mol. The molecule has 0 saturated heterocycles. The molecule has 1 N–H and O–H groups in total. The molecule has 2 aromatic carbocycles. The summed E-state index contributed by atoms with van der Waals surface area (Å²) < 4.78 is 7.10. The van der Waals surface area contributed by atoms with E-state index >= 15 is 0 Å². The van der Waals surface area contributed by atoms with Gasteiger partial charge in [-0.25, -0.2) is 4.98 Å². The minimum atomic E-state index is -0.263. The molecule has 0 aliphatic heterocycles. The first-order valence-electron chi connectivity index (χ1n) is 9.21. The van der Waals surface area contributed by atoms with Crippen LogP contribution in [0.4, 0.5) is 5.82 Å². The zero-order valence-corrected chi connectivity index (χ0v) is 15.9. The number of pyridine rings is 1. The highest BCUT2D eigenvalue weighted by atomic mass is 16.5. The smallest absolute Gasteiger partial charge is 0.260 e. The highest BCUT2D eigenvalue weighted by Crippen LogP contribution is 2.26. The molecule has 0 bridgehead atoms. The number of carbonyl (C=O) groups excluding carboxylic acids is 1. The average Bonchev–Trinajstić information content (AvgIpc) is 3.19. The van der Waals surface area contributed by atoms with Crippen LogP contribution in [0.5, 0.6) is 5.75 Å². The molecule has 2 heterocycles. The standard InChI is InChI=1S/C23H20N4O2/c1-29-19-11-7-10-18(14-19)22-20(23(28)25-21-12-5-6-13-24-21)16-27(26-22)15-17-8-3-2-4-9-17/h2-14,16H,15H2,1H3,(H,24,25,28). The van der Waals surface area contributed by atoms with Gasteiger partial charge >= 0.3 is 0 Å². The van der Waals surface area contributed by atoms with E-state index in [4.69, 9.17) is 9.84 Å². The Bertz CT molecular complexity index is 1110. The summed E-state index contributed by atoms with van der Waals surface area (Å²) in [5.41, 5.74) is 2.97. The SMILES string of the molecule is COc1cccc(-c2nn(Cc3ccccc3)cc2C(=O)Nc2ccccn2)c1. The van der Waals surface area contributed by atoms with Crippen LogP contribution in [0, 0.1) is 0 Å². The predicted octanol–water partition coefficient (Wildman–Crippen LogP) is 4.25. The molecule has 0 aliphatic carbocycles. The number of benzene rings is 2. The first-order chi connectivity index (χ1) is 14.2. The van der Waals surface area contributed by atoms with Gasteiger partial charge in [-0.15, -0.1) is 0 Å². The molecule has 4 aromatic rings. The largest absolute Gasteiger partial charge is 0.497 e. The Kier molecular flexibility index (Phi) is 5.33. The maximum absolute atomic E-state index is 13.0. The number of aromatic nitrogens is 3. The van der Waals surface area contributed by atoms with Crippen molar-refractivity contribution in [3.05, 3.63) is 96.3 Å². The second kappa shape index (κ2) is 8.39. The predicted molar refractivity (Wildman–Crippen MR) is 112 cm³/mol. The molecule has 6 heteroatoms. The highest BCUT2D eigenvalue weighted by Gasteiger charge is 2.19. The Morgan fingerprint density at radius 2 is 1.86 bits per heavy atom. The number of anilines is 1. The minimum absolute atomic E-state index is 0.263. The van der Waals surface area contributed by atoms with E-state index in [1.54, 1.807) is 36.3 Å². The molecule has 4 rings (SSSR count). The fraction of sp³-hybridized carbons (Fsp3) is 0.0870. The van der Waals surface area contributed by atoms with Crippen molar-refractivity contribution < 1.29 is 9.53 Å². The van der Waals surface area contributed by atoms with Gasteiger partial charge in [-0.1, -0.05) is 48.5 Å². The number of rotatable bonds is 6. The number of carbonyl (C=O) groups is 1. The van der Waals surface area contributed by atoms with Gasteiger partial charge in [0.2, 0.25) is 0 Å². The van der Waals surface area contributed by atoms with E-state index in [1.165, 1.54) is 0 Å². The van der Waals surface area contributed by atoms with Crippen molar-refractivity contribution in [3.63, 3.8) is 0 Å². The second-order valence-corrected chi connectivity index (χ2v) is 6.48. The normalized spacial score (nSPS) is 10.5. The first-order valence-corrected chi connectivity index (χ1v) is 9.21. The summed E-state index contributed by atoms with van der Waals surface area (Å²) in [7, 11) is 1.61. The average molecular weight is 384 g/mol. The molecule has 0 saturated carbocycles. The molecule has 0 radical (unpaired) electrons. The Morgan fingerprint density at radius 3 is 2.62 bits per heavy atom. The maximum atomic E-state index is 13.0. The second-order valence-electron chi connectivity index (χ2n) is 6.48. The molecule has 0 spiro atoms. The third kappa shape index (κ3) is 4.32. The zero-order valence-electron chi connectivity index (χ0n) is 15.9. The van der Waals surface area contributed by atoms with Crippen molar-refractivity contribution in [3.8, 4) is 17.0 Å². The van der Waals surface area contributed by atoms with Crippen LogP contribution in [0.15, 0.2) is 85.2 Å². The van der Waals surface area contributed by atoms with E-state index in [9.17, 15) is 4.79 Å². The fourth-order valence-electron chi connectivity index (χ4n) is 3.04. The Labute approximate surface area is 168 Å². The number of amides is 1. The van der Waals surface area contributed by atoms with E-state index in [-0.39, 0.29) is 5.91 Å². The van der Waals surface area contributed by atoms with Gasteiger partial charge in [-0.3, -0.25) is 9.48 Å². The van der Waals surface area contributed by atoms with Gasteiger partial charge in [0.25, 0.3) is 5.91 Å². The summed E-state index contributed by atoms with van der Waals surface area (Å²) in [6.07, 6.45) is 3.40. The number of hydrogen-bond acceptors (Lipinski definition) is 4. The Hall–Kier alpha value is -3.93. The van der Waals surface area contributed by atoms with Crippen LogP contribution in [0.2, 0.25) is 0 Å². The quantitative estimate of drug-likeness (QED) is 0.539. The molecule has 0 aliphatic rings. The van der Waals surface area contributed by atoms with Crippen molar-refractivity contribution in [1.82, 2.24) is 14.8 Å². The van der Waals surface area contributed by atoms with Gasteiger partial charge in [-0.05, 0) is 29.8 Å². The molecule has 0 fully saturated rings. The topological polar surface area (TPSA) is 69.0 Å². The van der Waals surface area contributed by atoms with Crippen molar-refractivity contribution in [1.29, 1.82) is 0 Å². The molecule has 0 unspecified atom stereocenters. The van der Waals surface area contributed by atoms with Crippen LogP contribution in [0.1, 0.15) is 15.9 Å². The number of ether oxygens (including phenoxy) is 1. The van der Waals surface area contributed by atoms with Gasteiger partial charge in [0.1, 0.15) is 17.3 Å². The summed E-state index contributed by atoms with van der Waals surface area (Å²) in [6.45, 7) is 0.564. The number of nitrogens with zero attached hydrogens (tertiary/aromatic N) is 3. The minimum Gasteiger partial charge on any atom is -0.497 e. The molecular formula is C23H20N4O2. The lowest BCUT2D eigenvalue weighted by Crippen LogP contribution is -2.13. The summed E-state index contributed by atoms with van der Waals surface area (Å²) >= 11 is 0. The van der Waals surface area contributed by atoms with Crippen LogP contribution in [0.3, 0.4) is 0 Å². The van der Waals surface area contributed by atoms with Gasteiger partial charge in [0.15, 0.2) is 0 Å². The van der Waals surface area contributed by atoms with E-state index in [1.807, 2.05) is 60.7 Å². The van der Waals surface area contributed by atoms with E-state index in [0.717, 1.165) is 11.1 Å². The molecule has 144 valence electrons. The lowest BCUT2D eigenvalue weighted by atomic mass is 10.1. The van der Waals surface area contributed by atoms with Crippen molar-refractivity contribution in [2.45, 2.75) is 6.54 Å². The number of nitrogens with one attached hydrogen (secondary N) is 1. The molecule has 6 nitrogen and oxygen atoms in total. The molecule has 0 atom stereocenters. The van der Waals surface area contributed by atoms with Crippen molar-refractivity contribution in [2.24, 2.45) is 0 Å². The van der Waals surface area contributed by atoms with Crippen molar-refractivity contribution >= 4 is 11.7 Å². The highest BCUT2D eigenvalue weighted by molar-refractivity contribution is 6.07. The van der Waals surface area contributed by atoms with Crippen LogP contribution in [0.25, 0.3) is 11.3 Å². The van der Waals surface area contributed by atoms with E-state index in [2.05, 4.69) is 10.3 Å². The van der Waals surface area contributed by atoms with Crippen LogP contribution < -0.4 is 10.1 Å². The first kappa shape index (κ1) is 18.4. The Morgan fingerprint density at radius 1 is 1.03 bits per heavy atom. The van der Waals surface area contributed by atoms with Gasteiger partial charge < -0.3 is 10.1 Å². The lowest BCUT2D eigenvalue weighted by Gasteiger charge is -2.06. The molecule has 2 aromatic heterocycles.